The van der Waals surface area contributed by atoms with E-state index in [-0.39, 0.29) is 0 Å². The highest BCUT2D eigenvalue weighted by atomic mass is 16.5. The van der Waals surface area contributed by atoms with Crippen molar-refractivity contribution in [3.63, 3.8) is 0 Å². The first kappa shape index (κ1) is 16.3. The summed E-state index contributed by atoms with van der Waals surface area (Å²) in [5.74, 6) is 1.74. The summed E-state index contributed by atoms with van der Waals surface area (Å²) in [5, 5.41) is 10.9. The molecule has 0 radical (unpaired) electrons. The summed E-state index contributed by atoms with van der Waals surface area (Å²) in [6.07, 6.45) is 6.76. The standard InChI is InChI=1S/C17H29N5O/c1-12-16(13(2)23-21-12)10-19-17(18-3)20-14-8-9-22(11-14)15-6-4-5-7-15/h14-15H,4-11H2,1-3H3,(H2,18,19,20). The maximum absolute atomic E-state index is 5.21. The largest absolute Gasteiger partial charge is 0.361 e. The molecule has 1 saturated carbocycles. The SMILES string of the molecule is CN=C(NCc1c(C)noc1C)NC1CCN(C2CCCC2)C1. The van der Waals surface area contributed by atoms with Crippen LogP contribution in [0.25, 0.3) is 0 Å². The van der Waals surface area contributed by atoms with Crippen LogP contribution in [0, 0.1) is 13.8 Å². The molecule has 2 N–H and O–H groups in total. The summed E-state index contributed by atoms with van der Waals surface area (Å²) in [6, 6.07) is 1.31. The van der Waals surface area contributed by atoms with Gasteiger partial charge in [0.1, 0.15) is 5.76 Å². The molecule has 128 valence electrons. The van der Waals surface area contributed by atoms with Gasteiger partial charge < -0.3 is 15.2 Å². The molecule has 1 aromatic heterocycles. The van der Waals surface area contributed by atoms with Gasteiger partial charge in [0.25, 0.3) is 0 Å². The number of nitrogens with one attached hydrogen (secondary N) is 2. The molecule has 1 saturated heterocycles. The first-order chi connectivity index (χ1) is 11.2. The van der Waals surface area contributed by atoms with Crippen molar-refractivity contribution in [2.45, 2.75) is 64.6 Å². The number of nitrogens with zero attached hydrogens (tertiary/aromatic N) is 3. The number of hydrogen-bond donors (Lipinski definition) is 2. The predicted octanol–water partition coefficient (Wildman–Crippen LogP) is 1.97. The van der Waals surface area contributed by atoms with Gasteiger partial charge in [0.2, 0.25) is 0 Å². The van der Waals surface area contributed by atoms with Crippen molar-refractivity contribution in [3.05, 3.63) is 17.0 Å². The molecule has 1 unspecified atom stereocenters. The Kier molecular flexibility index (Phi) is 5.20. The number of aromatic nitrogens is 1. The summed E-state index contributed by atoms with van der Waals surface area (Å²) in [4.78, 5) is 7.02. The van der Waals surface area contributed by atoms with Crippen LogP contribution in [0.2, 0.25) is 0 Å². The molecular weight excluding hydrogens is 290 g/mol. The fourth-order valence-corrected chi connectivity index (χ4v) is 3.82. The fourth-order valence-electron chi connectivity index (χ4n) is 3.82. The van der Waals surface area contributed by atoms with E-state index in [4.69, 9.17) is 4.52 Å². The van der Waals surface area contributed by atoms with Crippen LogP contribution < -0.4 is 10.6 Å². The zero-order chi connectivity index (χ0) is 16.2. The molecular formula is C17H29N5O. The van der Waals surface area contributed by atoms with Gasteiger partial charge in [-0.2, -0.15) is 0 Å². The average Bonchev–Trinajstić information content (AvgIpc) is 3.27. The molecule has 23 heavy (non-hydrogen) atoms. The Morgan fingerprint density at radius 1 is 1.30 bits per heavy atom. The van der Waals surface area contributed by atoms with Crippen LogP contribution in [0.15, 0.2) is 9.52 Å². The van der Waals surface area contributed by atoms with Crippen LogP contribution in [-0.4, -0.2) is 48.2 Å². The van der Waals surface area contributed by atoms with Gasteiger partial charge in [-0.1, -0.05) is 18.0 Å². The highest BCUT2D eigenvalue weighted by Gasteiger charge is 2.30. The first-order valence-electron chi connectivity index (χ1n) is 8.80. The molecule has 3 rings (SSSR count). The van der Waals surface area contributed by atoms with Crippen molar-refractivity contribution in [2.75, 3.05) is 20.1 Å². The Balaban J connectivity index is 1.48. The molecule has 2 heterocycles. The zero-order valence-electron chi connectivity index (χ0n) is 14.6. The molecule has 0 aromatic carbocycles. The van der Waals surface area contributed by atoms with Gasteiger partial charge >= 0.3 is 0 Å². The van der Waals surface area contributed by atoms with Crippen LogP contribution in [-0.2, 0) is 6.54 Å². The number of likely N-dealkylation sites (tertiary alicyclic amines) is 1. The molecule has 1 aliphatic heterocycles. The number of hydrogen-bond acceptors (Lipinski definition) is 4. The number of guanidine groups is 1. The first-order valence-corrected chi connectivity index (χ1v) is 8.80. The topological polar surface area (TPSA) is 65.7 Å². The monoisotopic (exact) mass is 319 g/mol. The summed E-state index contributed by atoms with van der Waals surface area (Å²) < 4.78 is 5.21. The molecule has 0 spiro atoms. The van der Waals surface area contributed by atoms with Crippen LogP contribution in [0.1, 0.15) is 49.1 Å². The molecule has 0 bridgehead atoms. The normalized spacial score (nSPS) is 23.6. The summed E-state index contributed by atoms with van der Waals surface area (Å²) >= 11 is 0. The molecule has 2 aliphatic rings. The van der Waals surface area contributed by atoms with Crippen molar-refractivity contribution in [1.82, 2.24) is 20.7 Å². The van der Waals surface area contributed by atoms with Gasteiger partial charge in [0.15, 0.2) is 5.96 Å². The third-order valence-corrected chi connectivity index (χ3v) is 5.24. The van der Waals surface area contributed by atoms with Crippen molar-refractivity contribution in [1.29, 1.82) is 0 Å². The minimum Gasteiger partial charge on any atom is -0.361 e. The van der Waals surface area contributed by atoms with Crippen LogP contribution in [0.5, 0.6) is 0 Å². The van der Waals surface area contributed by atoms with Gasteiger partial charge in [-0.05, 0) is 33.1 Å². The smallest absolute Gasteiger partial charge is 0.191 e. The Morgan fingerprint density at radius 3 is 2.74 bits per heavy atom. The van der Waals surface area contributed by atoms with E-state index in [1.165, 1.54) is 38.6 Å². The third-order valence-electron chi connectivity index (χ3n) is 5.24. The molecule has 6 nitrogen and oxygen atoms in total. The highest BCUT2D eigenvalue weighted by Crippen LogP contribution is 2.26. The third kappa shape index (κ3) is 3.86. The van der Waals surface area contributed by atoms with E-state index in [1.54, 1.807) is 0 Å². The Hall–Kier alpha value is -1.56. The van der Waals surface area contributed by atoms with Crippen molar-refractivity contribution in [2.24, 2.45) is 4.99 Å². The molecule has 1 aliphatic carbocycles. The van der Waals surface area contributed by atoms with Gasteiger partial charge in [-0.25, -0.2) is 0 Å². The summed E-state index contributed by atoms with van der Waals surface area (Å²) in [7, 11) is 1.83. The van der Waals surface area contributed by atoms with E-state index in [9.17, 15) is 0 Å². The van der Waals surface area contributed by atoms with Crippen molar-refractivity contribution in [3.8, 4) is 0 Å². The average molecular weight is 319 g/mol. The minimum atomic E-state index is 0.492. The molecule has 1 atom stereocenters. The lowest BCUT2D eigenvalue weighted by Crippen LogP contribution is -2.45. The second-order valence-corrected chi connectivity index (χ2v) is 6.79. The lowest BCUT2D eigenvalue weighted by molar-refractivity contribution is 0.242. The predicted molar refractivity (Wildman–Crippen MR) is 91.5 cm³/mol. The summed E-state index contributed by atoms with van der Waals surface area (Å²) in [6.45, 7) is 6.96. The van der Waals surface area contributed by atoms with Gasteiger partial charge in [-0.3, -0.25) is 9.89 Å². The quantitative estimate of drug-likeness (QED) is 0.656. The van der Waals surface area contributed by atoms with E-state index in [0.717, 1.165) is 35.6 Å². The van der Waals surface area contributed by atoms with E-state index in [0.29, 0.717) is 12.6 Å². The number of aryl methyl sites for hydroxylation is 2. The zero-order valence-corrected chi connectivity index (χ0v) is 14.6. The minimum absolute atomic E-state index is 0.492. The Morgan fingerprint density at radius 2 is 2.09 bits per heavy atom. The molecule has 6 heteroatoms. The van der Waals surface area contributed by atoms with Gasteiger partial charge in [-0.15, -0.1) is 0 Å². The maximum atomic E-state index is 5.21. The Labute approximate surface area is 138 Å². The lowest BCUT2D eigenvalue weighted by atomic mass is 10.2. The maximum Gasteiger partial charge on any atom is 0.191 e. The van der Waals surface area contributed by atoms with E-state index >= 15 is 0 Å². The van der Waals surface area contributed by atoms with E-state index < -0.39 is 0 Å². The van der Waals surface area contributed by atoms with Gasteiger partial charge in [0.05, 0.1) is 5.69 Å². The van der Waals surface area contributed by atoms with Crippen LogP contribution >= 0.6 is 0 Å². The molecule has 2 fully saturated rings. The fraction of sp³-hybridized carbons (Fsp3) is 0.765. The molecule has 1 aromatic rings. The van der Waals surface area contributed by atoms with E-state index in [2.05, 4.69) is 25.7 Å². The van der Waals surface area contributed by atoms with Crippen LogP contribution in [0.4, 0.5) is 0 Å². The van der Waals surface area contributed by atoms with Crippen LogP contribution in [0.3, 0.4) is 0 Å². The second kappa shape index (κ2) is 7.34. The Bertz CT molecular complexity index is 528. The summed E-state index contributed by atoms with van der Waals surface area (Å²) in [5.41, 5.74) is 2.06. The number of aliphatic imine (C=N–C) groups is 1. The second-order valence-electron chi connectivity index (χ2n) is 6.79. The van der Waals surface area contributed by atoms with Crippen molar-refractivity contribution < 1.29 is 4.52 Å². The number of rotatable bonds is 4. The van der Waals surface area contributed by atoms with E-state index in [1.807, 2.05) is 20.9 Å². The lowest BCUT2D eigenvalue weighted by Gasteiger charge is -2.24. The highest BCUT2D eigenvalue weighted by molar-refractivity contribution is 5.80. The van der Waals surface area contributed by atoms with Crippen molar-refractivity contribution >= 4 is 5.96 Å². The van der Waals surface area contributed by atoms with Gasteiger partial charge in [0, 0.05) is 44.3 Å². The molecule has 0 amide bonds.